The summed E-state index contributed by atoms with van der Waals surface area (Å²) >= 11 is 0. The first-order valence-corrected chi connectivity index (χ1v) is 6.42. The van der Waals surface area contributed by atoms with Gasteiger partial charge in [0.2, 0.25) is 5.91 Å². The lowest BCUT2D eigenvalue weighted by molar-refractivity contribution is -0.146. The van der Waals surface area contributed by atoms with Crippen LogP contribution in [0, 0.1) is 0 Å². The van der Waals surface area contributed by atoms with E-state index < -0.39 is 30.9 Å². The molecule has 0 aliphatic heterocycles. The molecule has 21 heavy (non-hydrogen) atoms. The number of aliphatic carboxylic acids is 1. The Morgan fingerprint density at radius 3 is 2.57 bits per heavy atom. The summed E-state index contributed by atoms with van der Waals surface area (Å²) in [5, 5.41) is 8.71. The normalized spacial score (nSPS) is 9.95. The number of nitrogens with zero attached hydrogens (tertiary/aromatic N) is 1. The molecule has 0 bridgehead atoms. The van der Waals surface area contributed by atoms with E-state index in [-0.39, 0.29) is 6.61 Å². The Morgan fingerprint density at radius 2 is 2.00 bits per heavy atom. The minimum atomic E-state index is -1.22. The summed E-state index contributed by atoms with van der Waals surface area (Å²) in [5.41, 5.74) is 6.04. The Kier molecular flexibility index (Phi) is 6.19. The van der Waals surface area contributed by atoms with Crippen molar-refractivity contribution < 1.29 is 24.2 Å². The highest BCUT2D eigenvalue weighted by Crippen LogP contribution is 2.13. The minimum Gasteiger partial charge on any atom is -0.484 e. The average Bonchev–Trinajstić information content (AvgIpc) is 2.43. The van der Waals surface area contributed by atoms with Crippen molar-refractivity contribution in [1.82, 2.24) is 4.90 Å². The molecule has 0 unspecified atom stereocenters. The number of ether oxygens (including phenoxy) is 1. The predicted octanol–water partition coefficient (Wildman–Crippen LogP) is 0.0263. The van der Waals surface area contributed by atoms with Crippen LogP contribution in [0.4, 0.5) is 0 Å². The van der Waals surface area contributed by atoms with Gasteiger partial charge >= 0.3 is 5.97 Å². The molecule has 7 nitrogen and oxygen atoms in total. The van der Waals surface area contributed by atoms with Crippen LogP contribution in [0.2, 0.25) is 0 Å². The Morgan fingerprint density at radius 1 is 1.29 bits per heavy atom. The lowest BCUT2D eigenvalue weighted by atomic mass is 10.2. The van der Waals surface area contributed by atoms with Crippen LogP contribution in [-0.2, 0) is 20.8 Å². The van der Waals surface area contributed by atoms with Crippen molar-refractivity contribution in [3.63, 3.8) is 0 Å². The van der Waals surface area contributed by atoms with E-state index in [1.54, 1.807) is 18.2 Å². The largest absolute Gasteiger partial charge is 0.484 e. The van der Waals surface area contributed by atoms with Gasteiger partial charge in [0.15, 0.2) is 6.61 Å². The molecule has 0 fully saturated rings. The fraction of sp³-hybridized carbons (Fsp3) is 0.357. The standard InChI is InChI=1S/C14H18N2O5/c1-2-10-4-3-5-11(6-10)21-9-13(18)16(7-12(15)17)8-14(19)20/h3-6H,2,7-9H2,1H3,(H2,15,17)(H,19,20). The third-order valence-corrected chi connectivity index (χ3v) is 2.69. The topological polar surface area (TPSA) is 110 Å². The molecule has 114 valence electrons. The number of carboxylic acid groups (broad SMARTS) is 1. The minimum absolute atomic E-state index is 0.353. The second kappa shape index (κ2) is 7.88. The Bertz CT molecular complexity index is 514. The van der Waals surface area contributed by atoms with E-state index in [2.05, 4.69) is 0 Å². The van der Waals surface area contributed by atoms with Crippen molar-refractivity contribution in [3.8, 4) is 5.75 Å². The van der Waals surface area contributed by atoms with Crippen LogP contribution in [0.5, 0.6) is 5.75 Å². The molecule has 1 rings (SSSR count). The van der Waals surface area contributed by atoms with Gasteiger partial charge in [-0.25, -0.2) is 0 Å². The summed E-state index contributed by atoms with van der Waals surface area (Å²) < 4.78 is 5.32. The number of nitrogens with two attached hydrogens (primary N) is 1. The van der Waals surface area contributed by atoms with Crippen LogP contribution in [0.25, 0.3) is 0 Å². The molecule has 0 heterocycles. The number of aryl methyl sites for hydroxylation is 1. The average molecular weight is 294 g/mol. The summed E-state index contributed by atoms with van der Waals surface area (Å²) in [7, 11) is 0. The molecule has 1 aromatic carbocycles. The van der Waals surface area contributed by atoms with E-state index >= 15 is 0 Å². The molecular weight excluding hydrogens is 276 g/mol. The van der Waals surface area contributed by atoms with E-state index in [1.807, 2.05) is 13.0 Å². The molecule has 0 aromatic heterocycles. The van der Waals surface area contributed by atoms with Crippen molar-refractivity contribution in [2.75, 3.05) is 19.7 Å². The van der Waals surface area contributed by atoms with Crippen molar-refractivity contribution in [3.05, 3.63) is 29.8 Å². The fourth-order valence-electron chi connectivity index (χ4n) is 1.68. The first kappa shape index (κ1) is 16.5. The van der Waals surface area contributed by atoms with Crippen molar-refractivity contribution in [2.45, 2.75) is 13.3 Å². The van der Waals surface area contributed by atoms with Crippen molar-refractivity contribution in [2.24, 2.45) is 5.73 Å². The summed E-state index contributed by atoms with van der Waals surface area (Å²) in [6, 6.07) is 7.22. The molecule has 0 saturated heterocycles. The van der Waals surface area contributed by atoms with Crippen molar-refractivity contribution >= 4 is 17.8 Å². The molecule has 2 amide bonds. The molecule has 0 aliphatic rings. The highest BCUT2D eigenvalue weighted by atomic mass is 16.5. The van der Waals surface area contributed by atoms with E-state index in [1.165, 1.54) is 0 Å². The molecule has 0 radical (unpaired) electrons. The summed E-state index contributed by atoms with van der Waals surface area (Å²) in [6.45, 7) is 0.586. The second-order valence-corrected chi connectivity index (χ2v) is 4.40. The number of primary amides is 1. The second-order valence-electron chi connectivity index (χ2n) is 4.40. The summed E-state index contributed by atoms with van der Waals surface area (Å²) in [5.74, 6) is -2.11. The molecule has 3 N–H and O–H groups in total. The monoisotopic (exact) mass is 294 g/mol. The first-order chi connectivity index (χ1) is 9.92. The molecule has 0 atom stereocenters. The third kappa shape index (κ3) is 5.94. The van der Waals surface area contributed by atoms with Gasteiger partial charge in [0.25, 0.3) is 5.91 Å². The Labute approximate surface area is 122 Å². The first-order valence-electron chi connectivity index (χ1n) is 6.42. The van der Waals surface area contributed by atoms with Gasteiger partial charge in [0.1, 0.15) is 18.8 Å². The van der Waals surface area contributed by atoms with Gasteiger partial charge in [0.05, 0.1) is 0 Å². The highest BCUT2D eigenvalue weighted by molar-refractivity contribution is 5.87. The van der Waals surface area contributed by atoms with Gasteiger partial charge < -0.3 is 20.5 Å². The van der Waals surface area contributed by atoms with E-state index in [4.69, 9.17) is 15.6 Å². The van der Waals surface area contributed by atoms with Crippen LogP contribution in [0.3, 0.4) is 0 Å². The lowest BCUT2D eigenvalue weighted by Gasteiger charge is -2.19. The van der Waals surface area contributed by atoms with Crippen LogP contribution in [-0.4, -0.2) is 47.5 Å². The SMILES string of the molecule is CCc1cccc(OCC(=O)N(CC(N)=O)CC(=O)O)c1. The third-order valence-electron chi connectivity index (χ3n) is 2.69. The molecule has 1 aromatic rings. The van der Waals surface area contributed by atoms with Gasteiger partial charge in [-0.15, -0.1) is 0 Å². The van der Waals surface area contributed by atoms with Crippen molar-refractivity contribution in [1.29, 1.82) is 0 Å². The number of carbonyl (C=O) groups is 3. The zero-order chi connectivity index (χ0) is 15.8. The maximum atomic E-state index is 11.9. The van der Waals surface area contributed by atoms with E-state index in [9.17, 15) is 14.4 Å². The van der Waals surface area contributed by atoms with E-state index in [0.717, 1.165) is 16.9 Å². The number of carbonyl (C=O) groups excluding carboxylic acids is 2. The van der Waals surface area contributed by atoms with E-state index in [0.29, 0.717) is 5.75 Å². The van der Waals surface area contributed by atoms with Crippen LogP contribution >= 0.6 is 0 Å². The number of rotatable bonds is 8. The number of benzene rings is 1. The molecular formula is C14H18N2O5. The number of amides is 2. The molecule has 0 spiro atoms. The van der Waals surface area contributed by atoms with Gasteiger partial charge in [-0.1, -0.05) is 19.1 Å². The number of hydrogen-bond acceptors (Lipinski definition) is 4. The van der Waals surface area contributed by atoms with Gasteiger partial charge in [-0.3, -0.25) is 14.4 Å². The van der Waals surface area contributed by atoms with Gasteiger partial charge in [0, 0.05) is 0 Å². The van der Waals surface area contributed by atoms with Gasteiger partial charge in [-0.05, 0) is 24.1 Å². The zero-order valence-corrected chi connectivity index (χ0v) is 11.7. The lowest BCUT2D eigenvalue weighted by Crippen LogP contribution is -2.43. The Balaban J connectivity index is 2.63. The maximum Gasteiger partial charge on any atom is 0.323 e. The Hall–Kier alpha value is -2.57. The summed E-state index contributed by atoms with van der Waals surface area (Å²) in [6.07, 6.45) is 0.831. The molecule has 7 heteroatoms. The maximum absolute atomic E-state index is 11.9. The highest BCUT2D eigenvalue weighted by Gasteiger charge is 2.19. The summed E-state index contributed by atoms with van der Waals surface area (Å²) in [4.78, 5) is 34.2. The number of carboxylic acids is 1. The number of hydrogen-bond donors (Lipinski definition) is 2. The van der Waals surface area contributed by atoms with Gasteiger partial charge in [-0.2, -0.15) is 0 Å². The predicted molar refractivity (Wildman–Crippen MR) is 74.7 cm³/mol. The zero-order valence-electron chi connectivity index (χ0n) is 11.7. The quantitative estimate of drug-likeness (QED) is 0.702. The fourth-order valence-corrected chi connectivity index (χ4v) is 1.68. The molecule has 0 saturated carbocycles. The van der Waals surface area contributed by atoms with Crippen LogP contribution < -0.4 is 10.5 Å². The molecule has 0 aliphatic carbocycles. The van der Waals surface area contributed by atoms with Crippen LogP contribution in [0.1, 0.15) is 12.5 Å². The smallest absolute Gasteiger partial charge is 0.323 e. The van der Waals surface area contributed by atoms with Crippen LogP contribution in [0.15, 0.2) is 24.3 Å².